The quantitative estimate of drug-likeness (QED) is 0.550. The summed E-state index contributed by atoms with van der Waals surface area (Å²) in [5.41, 5.74) is 0.791. The SMILES string of the molecule is Cc1cc2scc(Cl)c2cc1[N+](=O)[O-]. The van der Waals surface area contributed by atoms with Gasteiger partial charge in [0.25, 0.3) is 5.69 Å². The van der Waals surface area contributed by atoms with Gasteiger partial charge in [-0.2, -0.15) is 0 Å². The van der Waals surface area contributed by atoms with Crippen LogP contribution in [0.4, 0.5) is 5.69 Å². The standard InChI is InChI=1S/C9H6ClNO2S/c1-5-2-9-6(7(10)4-14-9)3-8(5)11(12)13/h2-4H,1H3. The number of fused-ring (bicyclic) bond motifs is 1. The van der Waals surface area contributed by atoms with Crippen molar-refractivity contribution < 1.29 is 4.92 Å². The van der Waals surface area contributed by atoms with Gasteiger partial charge in [-0.05, 0) is 13.0 Å². The molecule has 1 aromatic carbocycles. The van der Waals surface area contributed by atoms with E-state index in [2.05, 4.69) is 0 Å². The molecule has 0 aliphatic carbocycles. The highest BCUT2D eigenvalue weighted by Gasteiger charge is 2.13. The summed E-state index contributed by atoms with van der Waals surface area (Å²) >= 11 is 7.38. The Morgan fingerprint density at radius 2 is 2.21 bits per heavy atom. The Hall–Kier alpha value is -1.13. The summed E-state index contributed by atoms with van der Waals surface area (Å²) < 4.78 is 0.984. The van der Waals surface area contributed by atoms with Crippen LogP contribution in [0.3, 0.4) is 0 Å². The normalized spacial score (nSPS) is 10.7. The third-order valence-electron chi connectivity index (χ3n) is 2.04. The van der Waals surface area contributed by atoms with E-state index in [0.717, 1.165) is 10.1 Å². The van der Waals surface area contributed by atoms with Crippen molar-refractivity contribution in [2.75, 3.05) is 0 Å². The van der Waals surface area contributed by atoms with Crippen molar-refractivity contribution in [1.82, 2.24) is 0 Å². The van der Waals surface area contributed by atoms with E-state index in [1.165, 1.54) is 17.4 Å². The summed E-state index contributed by atoms with van der Waals surface area (Å²) in [5.74, 6) is 0. The average molecular weight is 228 g/mol. The van der Waals surface area contributed by atoms with Crippen molar-refractivity contribution in [2.45, 2.75) is 6.92 Å². The van der Waals surface area contributed by atoms with Gasteiger partial charge in [0.15, 0.2) is 0 Å². The van der Waals surface area contributed by atoms with Gasteiger partial charge in [-0.25, -0.2) is 0 Å². The molecule has 0 unspecified atom stereocenters. The average Bonchev–Trinajstić information content (AvgIpc) is 2.46. The first-order valence-corrected chi connectivity index (χ1v) is 5.17. The van der Waals surface area contributed by atoms with Crippen LogP contribution in [0.5, 0.6) is 0 Å². The Morgan fingerprint density at radius 1 is 1.50 bits per heavy atom. The Kier molecular flexibility index (Phi) is 2.17. The molecule has 0 spiro atoms. The summed E-state index contributed by atoms with van der Waals surface area (Å²) in [6.45, 7) is 1.73. The van der Waals surface area contributed by atoms with Gasteiger partial charge in [-0.1, -0.05) is 11.6 Å². The zero-order valence-corrected chi connectivity index (χ0v) is 8.85. The predicted octanol–water partition coefficient (Wildman–Crippen LogP) is 3.77. The van der Waals surface area contributed by atoms with Crippen molar-refractivity contribution in [3.8, 4) is 0 Å². The van der Waals surface area contributed by atoms with Crippen LogP contribution in [0, 0.1) is 17.0 Å². The van der Waals surface area contributed by atoms with Crippen LogP contribution in [0.25, 0.3) is 10.1 Å². The second kappa shape index (κ2) is 3.22. The van der Waals surface area contributed by atoms with Gasteiger partial charge in [-0.15, -0.1) is 11.3 Å². The van der Waals surface area contributed by atoms with E-state index in [4.69, 9.17) is 11.6 Å². The summed E-state index contributed by atoms with van der Waals surface area (Å²) in [5, 5.41) is 13.8. The van der Waals surface area contributed by atoms with E-state index in [1.807, 2.05) is 0 Å². The van der Waals surface area contributed by atoms with Crippen LogP contribution < -0.4 is 0 Å². The summed E-state index contributed by atoms with van der Waals surface area (Å²) in [7, 11) is 0. The van der Waals surface area contributed by atoms with Gasteiger partial charge in [-0.3, -0.25) is 10.1 Å². The largest absolute Gasteiger partial charge is 0.273 e. The number of thiophene rings is 1. The molecule has 1 aromatic heterocycles. The summed E-state index contributed by atoms with van der Waals surface area (Å²) in [6.07, 6.45) is 0. The minimum atomic E-state index is -0.386. The molecular weight excluding hydrogens is 222 g/mol. The lowest BCUT2D eigenvalue weighted by Gasteiger charge is -1.97. The fourth-order valence-electron chi connectivity index (χ4n) is 1.33. The van der Waals surface area contributed by atoms with Gasteiger partial charge >= 0.3 is 0 Å². The van der Waals surface area contributed by atoms with Crippen LogP contribution in [0.2, 0.25) is 5.02 Å². The number of hydrogen-bond acceptors (Lipinski definition) is 3. The summed E-state index contributed by atoms with van der Waals surface area (Å²) in [6, 6.07) is 3.33. The molecule has 0 aliphatic rings. The zero-order chi connectivity index (χ0) is 10.3. The van der Waals surface area contributed by atoms with Crippen molar-refractivity contribution in [3.63, 3.8) is 0 Å². The monoisotopic (exact) mass is 227 g/mol. The smallest absolute Gasteiger partial charge is 0.258 e. The third-order valence-corrected chi connectivity index (χ3v) is 3.43. The molecule has 0 amide bonds. The number of halogens is 1. The van der Waals surface area contributed by atoms with Crippen molar-refractivity contribution in [1.29, 1.82) is 0 Å². The van der Waals surface area contributed by atoms with Crippen LogP contribution in [-0.2, 0) is 0 Å². The molecule has 0 aliphatic heterocycles. The minimum absolute atomic E-state index is 0.123. The van der Waals surface area contributed by atoms with Gasteiger partial charge in [0.1, 0.15) is 0 Å². The summed E-state index contributed by atoms with van der Waals surface area (Å²) in [4.78, 5) is 10.3. The predicted molar refractivity (Wildman–Crippen MR) is 58.2 cm³/mol. The van der Waals surface area contributed by atoms with Crippen molar-refractivity contribution in [2.24, 2.45) is 0 Å². The lowest BCUT2D eigenvalue weighted by Crippen LogP contribution is -1.90. The number of benzene rings is 1. The number of rotatable bonds is 1. The molecule has 72 valence electrons. The van der Waals surface area contributed by atoms with Crippen molar-refractivity contribution >= 4 is 38.7 Å². The first-order valence-electron chi connectivity index (χ1n) is 3.91. The molecule has 0 atom stereocenters. The van der Waals surface area contributed by atoms with Crippen LogP contribution in [-0.4, -0.2) is 4.92 Å². The Labute approximate surface area is 89.1 Å². The van der Waals surface area contributed by atoms with E-state index in [0.29, 0.717) is 10.6 Å². The van der Waals surface area contributed by atoms with E-state index < -0.39 is 0 Å². The highest BCUT2D eigenvalue weighted by molar-refractivity contribution is 7.17. The molecule has 0 saturated carbocycles. The minimum Gasteiger partial charge on any atom is -0.258 e. The van der Waals surface area contributed by atoms with Crippen LogP contribution in [0.15, 0.2) is 17.5 Å². The van der Waals surface area contributed by atoms with Crippen LogP contribution >= 0.6 is 22.9 Å². The highest BCUT2D eigenvalue weighted by Crippen LogP contribution is 2.34. The van der Waals surface area contributed by atoms with Gasteiger partial charge in [0, 0.05) is 27.1 Å². The molecule has 14 heavy (non-hydrogen) atoms. The maximum atomic E-state index is 10.7. The number of hydrogen-bond donors (Lipinski definition) is 0. The highest BCUT2D eigenvalue weighted by atomic mass is 35.5. The first-order chi connectivity index (χ1) is 6.59. The van der Waals surface area contributed by atoms with Gasteiger partial charge < -0.3 is 0 Å². The second-order valence-electron chi connectivity index (χ2n) is 2.98. The second-order valence-corrected chi connectivity index (χ2v) is 4.29. The molecule has 5 heteroatoms. The van der Waals surface area contributed by atoms with E-state index in [1.54, 1.807) is 18.4 Å². The van der Waals surface area contributed by atoms with Gasteiger partial charge in [0.2, 0.25) is 0 Å². The number of nitro groups is 1. The van der Waals surface area contributed by atoms with Crippen molar-refractivity contribution in [3.05, 3.63) is 38.2 Å². The number of nitrogens with zero attached hydrogens (tertiary/aromatic N) is 1. The molecule has 0 fully saturated rings. The van der Waals surface area contributed by atoms with Gasteiger partial charge in [0.05, 0.1) is 9.95 Å². The fraction of sp³-hybridized carbons (Fsp3) is 0.111. The molecule has 0 radical (unpaired) electrons. The Bertz CT molecular complexity index is 521. The zero-order valence-electron chi connectivity index (χ0n) is 7.28. The van der Waals surface area contributed by atoms with E-state index in [-0.39, 0.29) is 10.6 Å². The topological polar surface area (TPSA) is 43.1 Å². The maximum absolute atomic E-state index is 10.7. The lowest BCUT2D eigenvalue weighted by molar-refractivity contribution is -0.385. The molecule has 1 heterocycles. The molecule has 0 bridgehead atoms. The third kappa shape index (κ3) is 1.36. The molecule has 0 N–H and O–H groups in total. The maximum Gasteiger partial charge on any atom is 0.273 e. The molecule has 2 aromatic rings. The van der Waals surface area contributed by atoms with E-state index in [9.17, 15) is 10.1 Å². The lowest BCUT2D eigenvalue weighted by atomic mass is 10.1. The fourth-order valence-corrected chi connectivity index (χ4v) is 2.57. The Morgan fingerprint density at radius 3 is 2.86 bits per heavy atom. The first kappa shape index (κ1) is 9.43. The molecule has 2 rings (SSSR count). The molecule has 0 saturated heterocycles. The number of aryl methyl sites for hydroxylation is 1. The molecule has 3 nitrogen and oxygen atoms in total. The van der Waals surface area contributed by atoms with Crippen LogP contribution in [0.1, 0.15) is 5.56 Å². The molecular formula is C9H6ClNO2S. The number of nitro benzene ring substituents is 1. The van der Waals surface area contributed by atoms with E-state index >= 15 is 0 Å². The Balaban J connectivity index is 2.80.